The van der Waals surface area contributed by atoms with Crippen LogP contribution in [0.5, 0.6) is 0 Å². The van der Waals surface area contributed by atoms with Crippen LogP contribution in [0, 0.1) is 35.9 Å². The zero-order valence-electron chi connectivity index (χ0n) is 17.6. The normalized spacial score (nSPS) is 24.2. The highest BCUT2D eigenvalue weighted by atomic mass is 19.1. The molecule has 4 heterocycles. The summed E-state index contributed by atoms with van der Waals surface area (Å²) in [5.74, 6) is 2.21. The van der Waals surface area contributed by atoms with Crippen molar-refractivity contribution in [1.29, 1.82) is 0 Å². The molecular weight excluding hydrogens is 423 g/mol. The Balaban J connectivity index is 1.50. The Hall–Kier alpha value is -3.93. The van der Waals surface area contributed by atoms with Gasteiger partial charge < -0.3 is 15.4 Å². The summed E-state index contributed by atoms with van der Waals surface area (Å²) in [6.07, 6.45) is 12.4. The molecule has 3 aliphatic rings. The minimum absolute atomic E-state index is 0.165. The Kier molecular flexibility index (Phi) is 4.37. The van der Waals surface area contributed by atoms with Crippen molar-refractivity contribution in [2.24, 2.45) is 17.8 Å². The van der Waals surface area contributed by atoms with E-state index in [0.29, 0.717) is 39.4 Å². The summed E-state index contributed by atoms with van der Waals surface area (Å²) in [6.45, 7) is 0. The molecule has 0 radical (unpaired) electrons. The Morgan fingerprint density at radius 2 is 2.06 bits per heavy atom. The molecule has 9 heteroatoms. The number of H-pyrrole nitrogens is 1. The van der Waals surface area contributed by atoms with E-state index in [9.17, 15) is 14.3 Å². The van der Waals surface area contributed by atoms with Crippen molar-refractivity contribution in [1.82, 2.24) is 24.6 Å². The van der Waals surface area contributed by atoms with Gasteiger partial charge in [-0.1, -0.05) is 5.92 Å². The smallest absolute Gasteiger partial charge is 0.308 e. The monoisotopic (exact) mass is 444 g/mol. The van der Waals surface area contributed by atoms with E-state index < -0.39 is 17.7 Å². The molecule has 0 saturated heterocycles. The van der Waals surface area contributed by atoms with E-state index >= 15 is 0 Å². The molecule has 3 fully saturated rings. The standard InChI is InChI=1S/C24H21FN6O2/c1-2-15-7-8-18-23(28-20-13-5-3-12(4-6-13)19(20)24(32)33)29-22(30-31(15)18)17-11-27-21-16(17)9-14(25)10-26-21/h1,7-13,19-20H,3-6H2,(H,26,27)(H,32,33)(H,28,29,30)/t12-,13+,19-,20?/m0/s1. The number of carboxylic acids is 1. The highest BCUT2D eigenvalue weighted by Gasteiger charge is 2.47. The fourth-order valence-corrected chi connectivity index (χ4v) is 5.66. The maximum atomic E-state index is 13.9. The van der Waals surface area contributed by atoms with Gasteiger partial charge in [-0.15, -0.1) is 11.5 Å². The molecule has 4 aromatic heterocycles. The van der Waals surface area contributed by atoms with Gasteiger partial charge in [-0.25, -0.2) is 18.9 Å². The summed E-state index contributed by atoms with van der Waals surface area (Å²) < 4.78 is 15.5. The number of rotatable bonds is 4. The van der Waals surface area contributed by atoms with Crippen LogP contribution in [-0.4, -0.2) is 41.7 Å². The van der Waals surface area contributed by atoms with Gasteiger partial charge in [0.15, 0.2) is 11.6 Å². The third-order valence-electron chi connectivity index (χ3n) is 7.20. The summed E-state index contributed by atoms with van der Waals surface area (Å²) in [4.78, 5) is 24.0. The first kappa shape index (κ1) is 19.7. The van der Waals surface area contributed by atoms with Gasteiger partial charge in [-0.2, -0.15) is 0 Å². The van der Waals surface area contributed by atoms with Gasteiger partial charge in [-0.3, -0.25) is 4.79 Å². The maximum absolute atomic E-state index is 13.9. The Morgan fingerprint density at radius 3 is 2.82 bits per heavy atom. The van der Waals surface area contributed by atoms with Crippen molar-refractivity contribution in [3.8, 4) is 23.7 Å². The number of carbonyl (C=O) groups is 1. The molecule has 1 unspecified atom stereocenters. The molecule has 3 N–H and O–H groups in total. The fraction of sp³-hybridized carbons (Fsp3) is 0.333. The molecule has 3 aliphatic carbocycles. The molecule has 33 heavy (non-hydrogen) atoms. The first-order chi connectivity index (χ1) is 16.0. The lowest BCUT2D eigenvalue weighted by atomic mass is 9.61. The summed E-state index contributed by atoms with van der Waals surface area (Å²) in [5.41, 5.74) is 2.31. The Bertz CT molecular complexity index is 1440. The summed E-state index contributed by atoms with van der Waals surface area (Å²) >= 11 is 0. The SMILES string of the molecule is C#Cc1ccc2c(NC3[C@H]4CC[C@H](CC4)[C@@H]3C(=O)O)nc(-c3c[nH]c4ncc(F)cc34)nn12. The number of aromatic amines is 1. The van der Waals surface area contributed by atoms with Gasteiger partial charge in [0.1, 0.15) is 22.7 Å². The second kappa shape index (κ2) is 7.30. The van der Waals surface area contributed by atoms with Crippen molar-refractivity contribution in [2.45, 2.75) is 31.7 Å². The Labute approximate surface area is 188 Å². The summed E-state index contributed by atoms with van der Waals surface area (Å²) in [6, 6.07) is 4.76. The fourth-order valence-electron chi connectivity index (χ4n) is 5.66. The maximum Gasteiger partial charge on any atom is 0.308 e. The van der Waals surface area contributed by atoms with Crippen molar-refractivity contribution in [3.05, 3.63) is 42.1 Å². The third kappa shape index (κ3) is 3.05. The molecule has 166 valence electrons. The van der Waals surface area contributed by atoms with E-state index in [1.54, 1.807) is 16.8 Å². The highest BCUT2D eigenvalue weighted by Crippen LogP contribution is 2.46. The molecule has 2 atom stereocenters. The lowest BCUT2D eigenvalue weighted by molar-refractivity contribution is -0.148. The molecule has 0 spiro atoms. The lowest BCUT2D eigenvalue weighted by Crippen LogP contribution is -2.51. The van der Waals surface area contributed by atoms with Gasteiger partial charge in [0.25, 0.3) is 0 Å². The number of anilines is 1. The number of nitrogens with zero attached hydrogens (tertiary/aromatic N) is 4. The largest absolute Gasteiger partial charge is 0.481 e. The molecule has 8 nitrogen and oxygen atoms in total. The third-order valence-corrected chi connectivity index (χ3v) is 7.20. The van der Waals surface area contributed by atoms with Gasteiger partial charge in [0.2, 0.25) is 0 Å². The molecule has 7 rings (SSSR count). The number of hydrogen-bond donors (Lipinski definition) is 3. The minimum Gasteiger partial charge on any atom is -0.481 e. The van der Waals surface area contributed by atoms with Crippen LogP contribution in [-0.2, 0) is 4.79 Å². The number of terminal acetylenes is 1. The predicted molar refractivity (Wildman–Crippen MR) is 120 cm³/mol. The molecular formula is C24H21FN6O2. The van der Waals surface area contributed by atoms with Gasteiger partial charge >= 0.3 is 5.97 Å². The van der Waals surface area contributed by atoms with E-state index in [0.717, 1.165) is 31.9 Å². The van der Waals surface area contributed by atoms with Crippen molar-refractivity contribution in [2.75, 3.05) is 5.32 Å². The first-order valence-electron chi connectivity index (χ1n) is 11.0. The second-order valence-electron chi connectivity index (χ2n) is 8.91. The summed E-state index contributed by atoms with van der Waals surface area (Å²) in [5, 5.41) is 18.6. The van der Waals surface area contributed by atoms with Crippen LogP contribution in [0.2, 0.25) is 0 Å². The number of aliphatic carboxylic acids is 1. The number of hydrogen-bond acceptors (Lipinski definition) is 5. The number of halogens is 1. The quantitative estimate of drug-likeness (QED) is 0.414. The van der Waals surface area contributed by atoms with Crippen LogP contribution < -0.4 is 5.32 Å². The average molecular weight is 444 g/mol. The van der Waals surface area contributed by atoms with Crippen LogP contribution in [0.1, 0.15) is 31.4 Å². The number of carboxylic acid groups (broad SMARTS) is 1. The molecule has 0 aromatic carbocycles. The number of aromatic nitrogens is 5. The van der Waals surface area contributed by atoms with Crippen LogP contribution in [0.4, 0.5) is 10.2 Å². The molecule has 0 amide bonds. The number of nitrogens with one attached hydrogen (secondary N) is 2. The van der Waals surface area contributed by atoms with E-state index in [1.165, 1.54) is 6.07 Å². The Morgan fingerprint density at radius 1 is 1.27 bits per heavy atom. The van der Waals surface area contributed by atoms with Gasteiger partial charge in [-0.05, 0) is 55.7 Å². The van der Waals surface area contributed by atoms with Crippen molar-refractivity contribution in [3.63, 3.8) is 0 Å². The second-order valence-corrected chi connectivity index (χ2v) is 8.91. The van der Waals surface area contributed by atoms with Gasteiger partial charge in [0, 0.05) is 23.2 Å². The number of pyridine rings is 1. The first-order valence-corrected chi connectivity index (χ1v) is 11.0. The molecule has 3 saturated carbocycles. The van der Waals surface area contributed by atoms with Crippen molar-refractivity contribution >= 4 is 28.3 Å². The van der Waals surface area contributed by atoms with E-state index in [1.807, 2.05) is 6.07 Å². The minimum atomic E-state index is -0.773. The van der Waals surface area contributed by atoms with E-state index in [4.69, 9.17) is 11.4 Å². The number of fused-ring (bicyclic) bond motifs is 5. The van der Waals surface area contributed by atoms with Crippen LogP contribution in [0.25, 0.3) is 27.9 Å². The highest BCUT2D eigenvalue weighted by molar-refractivity contribution is 5.92. The van der Waals surface area contributed by atoms with E-state index in [-0.39, 0.29) is 17.9 Å². The predicted octanol–water partition coefficient (Wildman–Crippen LogP) is 3.69. The molecule has 0 aliphatic heterocycles. The summed E-state index contributed by atoms with van der Waals surface area (Å²) in [7, 11) is 0. The van der Waals surface area contributed by atoms with Crippen LogP contribution >= 0.6 is 0 Å². The van der Waals surface area contributed by atoms with Crippen LogP contribution in [0.3, 0.4) is 0 Å². The van der Waals surface area contributed by atoms with E-state index in [2.05, 4.69) is 26.3 Å². The zero-order valence-corrected chi connectivity index (χ0v) is 17.6. The van der Waals surface area contributed by atoms with Crippen molar-refractivity contribution < 1.29 is 14.3 Å². The van der Waals surface area contributed by atoms with Crippen LogP contribution in [0.15, 0.2) is 30.6 Å². The molecule has 4 aromatic rings. The molecule has 2 bridgehead atoms. The average Bonchev–Trinajstić information content (AvgIpc) is 3.43. The topological polar surface area (TPSA) is 108 Å². The van der Waals surface area contributed by atoms with Gasteiger partial charge in [0.05, 0.1) is 12.1 Å². The lowest BCUT2D eigenvalue weighted by Gasteiger charge is -2.47. The zero-order chi connectivity index (χ0) is 22.7.